The van der Waals surface area contributed by atoms with E-state index in [1.807, 2.05) is 18.3 Å². The van der Waals surface area contributed by atoms with Crippen LogP contribution in [-0.2, 0) is 0 Å². The van der Waals surface area contributed by atoms with Gasteiger partial charge in [-0.2, -0.15) is 0 Å². The Morgan fingerprint density at radius 2 is 1.61 bits per heavy atom. The summed E-state index contributed by atoms with van der Waals surface area (Å²) >= 11 is 0. The van der Waals surface area contributed by atoms with Crippen LogP contribution in [0.3, 0.4) is 0 Å². The molecule has 18 heavy (non-hydrogen) atoms. The maximum atomic E-state index is 4.11. The van der Waals surface area contributed by atoms with Crippen LogP contribution in [0.5, 0.6) is 0 Å². The molecule has 1 aromatic heterocycles. The molecule has 0 fully saturated rings. The summed E-state index contributed by atoms with van der Waals surface area (Å²) < 4.78 is 0. The van der Waals surface area contributed by atoms with Crippen LogP contribution in [0.2, 0.25) is 0 Å². The van der Waals surface area contributed by atoms with Crippen LogP contribution in [0.25, 0.3) is 0 Å². The molecule has 2 rings (SSSR count). The van der Waals surface area contributed by atoms with Gasteiger partial charge in [0.1, 0.15) is 0 Å². The maximum Gasteiger partial charge on any atom is 0.0531 e. The van der Waals surface area contributed by atoms with Gasteiger partial charge in [0.15, 0.2) is 0 Å². The van der Waals surface area contributed by atoms with Gasteiger partial charge in [0.2, 0.25) is 0 Å². The van der Waals surface area contributed by atoms with E-state index >= 15 is 0 Å². The fourth-order valence-electron chi connectivity index (χ4n) is 1.95. The zero-order chi connectivity index (χ0) is 13.0. The topological polar surface area (TPSA) is 24.9 Å². The molecule has 94 valence electrons. The molecule has 0 saturated carbocycles. The molecule has 0 aliphatic carbocycles. The van der Waals surface area contributed by atoms with Crippen LogP contribution in [-0.4, -0.2) is 4.98 Å². The Labute approximate surface area is 109 Å². The molecule has 0 aliphatic rings. The largest absolute Gasteiger partial charge is 0.377 e. The highest BCUT2D eigenvalue weighted by molar-refractivity contribution is 5.43. The summed E-state index contributed by atoms with van der Waals surface area (Å²) in [6, 6.07) is 13.1. The molecular weight excluding hydrogens is 220 g/mol. The van der Waals surface area contributed by atoms with Crippen molar-refractivity contribution >= 4 is 5.69 Å². The Morgan fingerprint density at radius 1 is 0.944 bits per heavy atom. The van der Waals surface area contributed by atoms with E-state index in [1.165, 1.54) is 11.1 Å². The Kier molecular flexibility index (Phi) is 3.98. The number of benzene rings is 1. The Balaban J connectivity index is 2.07. The van der Waals surface area contributed by atoms with Gasteiger partial charge in [-0.1, -0.05) is 38.1 Å². The number of aromatic nitrogens is 1. The summed E-state index contributed by atoms with van der Waals surface area (Å²) in [6.07, 6.45) is 3.63. The van der Waals surface area contributed by atoms with Crippen molar-refractivity contribution in [1.29, 1.82) is 0 Å². The summed E-state index contributed by atoms with van der Waals surface area (Å²) in [5.41, 5.74) is 3.73. The number of pyridine rings is 1. The van der Waals surface area contributed by atoms with Crippen LogP contribution < -0.4 is 5.32 Å². The molecular formula is C16H20N2. The fourth-order valence-corrected chi connectivity index (χ4v) is 1.95. The quantitative estimate of drug-likeness (QED) is 0.858. The van der Waals surface area contributed by atoms with Crippen molar-refractivity contribution in [2.24, 2.45) is 0 Å². The third-order valence-corrected chi connectivity index (χ3v) is 3.15. The van der Waals surface area contributed by atoms with Gasteiger partial charge in [-0.15, -0.1) is 0 Å². The van der Waals surface area contributed by atoms with Crippen molar-refractivity contribution in [3.05, 3.63) is 59.9 Å². The van der Waals surface area contributed by atoms with Crippen molar-refractivity contribution < 1.29 is 0 Å². The van der Waals surface area contributed by atoms with E-state index in [4.69, 9.17) is 0 Å². The van der Waals surface area contributed by atoms with E-state index in [2.05, 4.69) is 55.3 Å². The van der Waals surface area contributed by atoms with E-state index in [9.17, 15) is 0 Å². The molecule has 2 heteroatoms. The summed E-state index contributed by atoms with van der Waals surface area (Å²) in [5.74, 6) is 0.584. The van der Waals surface area contributed by atoms with Crippen molar-refractivity contribution in [2.75, 3.05) is 5.32 Å². The van der Waals surface area contributed by atoms with E-state index in [1.54, 1.807) is 6.20 Å². The van der Waals surface area contributed by atoms with Gasteiger partial charge >= 0.3 is 0 Å². The van der Waals surface area contributed by atoms with E-state index in [0.717, 1.165) is 5.69 Å². The number of hydrogen-bond acceptors (Lipinski definition) is 2. The third kappa shape index (κ3) is 3.10. The number of rotatable bonds is 4. The van der Waals surface area contributed by atoms with E-state index < -0.39 is 0 Å². The van der Waals surface area contributed by atoms with Gasteiger partial charge in [0.05, 0.1) is 5.69 Å². The lowest BCUT2D eigenvalue weighted by Crippen LogP contribution is -2.06. The van der Waals surface area contributed by atoms with Crippen LogP contribution in [0.15, 0.2) is 48.8 Å². The average Bonchev–Trinajstić information content (AvgIpc) is 2.40. The molecule has 0 bridgehead atoms. The van der Waals surface area contributed by atoms with Gasteiger partial charge in [-0.05, 0) is 36.1 Å². The highest BCUT2D eigenvalue weighted by Gasteiger charge is 2.06. The standard InChI is InChI=1S/C16H20N2/c1-12(2)14-6-8-15(9-7-14)13(3)18-16-5-4-10-17-11-16/h4-13,18H,1-3H3. The predicted molar refractivity (Wildman–Crippen MR) is 76.8 cm³/mol. The van der Waals surface area contributed by atoms with Crippen LogP contribution >= 0.6 is 0 Å². The molecule has 0 amide bonds. The van der Waals surface area contributed by atoms with Crippen LogP contribution in [0, 0.1) is 0 Å². The van der Waals surface area contributed by atoms with Crippen LogP contribution in [0.4, 0.5) is 5.69 Å². The van der Waals surface area contributed by atoms with E-state index in [-0.39, 0.29) is 6.04 Å². The maximum absolute atomic E-state index is 4.11. The number of hydrogen-bond donors (Lipinski definition) is 1. The monoisotopic (exact) mass is 240 g/mol. The first-order valence-corrected chi connectivity index (χ1v) is 6.43. The summed E-state index contributed by atoms with van der Waals surface area (Å²) in [7, 11) is 0. The lowest BCUT2D eigenvalue weighted by molar-refractivity contribution is 0.851. The average molecular weight is 240 g/mol. The van der Waals surface area contributed by atoms with Crippen molar-refractivity contribution in [3.8, 4) is 0 Å². The molecule has 1 atom stereocenters. The number of anilines is 1. The molecule has 2 aromatic rings. The minimum Gasteiger partial charge on any atom is -0.377 e. The zero-order valence-corrected chi connectivity index (χ0v) is 11.2. The van der Waals surface area contributed by atoms with Gasteiger partial charge in [-0.3, -0.25) is 4.98 Å². The van der Waals surface area contributed by atoms with Crippen molar-refractivity contribution in [2.45, 2.75) is 32.7 Å². The fraction of sp³-hybridized carbons (Fsp3) is 0.312. The SMILES string of the molecule is CC(C)c1ccc(C(C)Nc2cccnc2)cc1. The Hall–Kier alpha value is -1.83. The van der Waals surface area contributed by atoms with Crippen molar-refractivity contribution in [3.63, 3.8) is 0 Å². The lowest BCUT2D eigenvalue weighted by atomic mass is 9.99. The first kappa shape index (κ1) is 12.6. The summed E-state index contributed by atoms with van der Waals surface area (Å²) in [6.45, 7) is 6.59. The molecule has 2 nitrogen and oxygen atoms in total. The van der Waals surface area contributed by atoms with Crippen molar-refractivity contribution in [1.82, 2.24) is 4.98 Å². The molecule has 1 heterocycles. The molecule has 1 unspecified atom stereocenters. The third-order valence-electron chi connectivity index (χ3n) is 3.15. The second-order valence-corrected chi connectivity index (χ2v) is 4.93. The number of nitrogens with one attached hydrogen (secondary N) is 1. The normalized spacial score (nSPS) is 12.4. The minimum absolute atomic E-state index is 0.287. The van der Waals surface area contributed by atoms with Gasteiger partial charge in [-0.25, -0.2) is 0 Å². The Morgan fingerprint density at radius 3 is 2.17 bits per heavy atom. The molecule has 0 radical (unpaired) electrons. The molecule has 0 saturated heterocycles. The highest BCUT2D eigenvalue weighted by Crippen LogP contribution is 2.21. The molecule has 0 aliphatic heterocycles. The second-order valence-electron chi connectivity index (χ2n) is 4.93. The minimum atomic E-state index is 0.287. The van der Waals surface area contributed by atoms with Gasteiger partial charge < -0.3 is 5.32 Å². The molecule has 0 spiro atoms. The number of nitrogens with zero attached hydrogens (tertiary/aromatic N) is 1. The smallest absolute Gasteiger partial charge is 0.0531 e. The summed E-state index contributed by atoms with van der Waals surface area (Å²) in [4.78, 5) is 4.11. The first-order valence-electron chi connectivity index (χ1n) is 6.43. The van der Waals surface area contributed by atoms with Gasteiger partial charge in [0, 0.05) is 18.4 Å². The Bertz CT molecular complexity index is 474. The van der Waals surface area contributed by atoms with Crippen LogP contribution in [0.1, 0.15) is 43.9 Å². The van der Waals surface area contributed by atoms with Gasteiger partial charge in [0.25, 0.3) is 0 Å². The van der Waals surface area contributed by atoms with E-state index in [0.29, 0.717) is 5.92 Å². The predicted octanol–water partition coefficient (Wildman–Crippen LogP) is 4.38. The second kappa shape index (κ2) is 5.67. The summed E-state index contributed by atoms with van der Waals surface area (Å²) in [5, 5.41) is 3.44. The molecule has 1 N–H and O–H groups in total. The lowest BCUT2D eigenvalue weighted by Gasteiger charge is -2.16. The first-order chi connectivity index (χ1) is 8.66. The zero-order valence-electron chi connectivity index (χ0n) is 11.2. The highest BCUT2D eigenvalue weighted by atomic mass is 14.9. The molecule has 1 aromatic carbocycles.